The largest absolute Gasteiger partial charge is 0.342 e. The second-order valence-corrected chi connectivity index (χ2v) is 4.35. The Hall–Kier alpha value is -1.36. The maximum Gasteiger partial charge on any atom is 0.242 e. The smallest absolute Gasteiger partial charge is 0.242 e. The van der Waals surface area contributed by atoms with Crippen molar-refractivity contribution in [3.05, 3.63) is 18.2 Å². The van der Waals surface area contributed by atoms with Gasteiger partial charge < -0.3 is 14.8 Å². The number of imidazole rings is 1. The van der Waals surface area contributed by atoms with Crippen LogP contribution in [0, 0.1) is 0 Å². The first-order valence-corrected chi connectivity index (χ1v) is 6.02. The first-order chi connectivity index (χ1) is 8.06. The Labute approximate surface area is 103 Å². The van der Waals surface area contributed by atoms with E-state index in [1.54, 1.807) is 11.1 Å². The minimum Gasteiger partial charge on any atom is -0.342 e. The van der Waals surface area contributed by atoms with Crippen molar-refractivity contribution in [1.29, 1.82) is 0 Å². The highest BCUT2D eigenvalue weighted by Gasteiger charge is 2.13. The van der Waals surface area contributed by atoms with Gasteiger partial charge in [0.1, 0.15) is 12.4 Å². The molecule has 1 amide bonds. The van der Waals surface area contributed by atoms with E-state index < -0.39 is 0 Å². The van der Waals surface area contributed by atoms with E-state index in [1.807, 2.05) is 38.6 Å². The number of nitrogens with one attached hydrogen (secondary N) is 1. The van der Waals surface area contributed by atoms with Crippen LogP contribution in [-0.2, 0) is 17.9 Å². The summed E-state index contributed by atoms with van der Waals surface area (Å²) in [6.45, 7) is 8.01. The number of carbonyl (C=O) groups is 1. The van der Waals surface area contributed by atoms with Crippen LogP contribution in [0.1, 0.15) is 26.6 Å². The molecular formula is C12H22N4O. The molecule has 0 aromatic carbocycles. The van der Waals surface area contributed by atoms with Crippen molar-refractivity contribution in [1.82, 2.24) is 19.8 Å². The van der Waals surface area contributed by atoms with Crippen molar-refractivity contribution < 1.29 is 4.79 Å². The molecule has 5 heteroatoms. The lowest BCUT2D eigenvalue weighted by atomic mass is 10.3. The molecule has 0 aliphatic heterocycles. The fraction of sp³-hybridized carbons (Fsp3) is 0.667. The van der Waals surface area contributed by atoms with Crippen LogP contribution in [0.4, 0.5) is 0 Å². The monoisotopic (exact) mass is 238 g/mol. The van der Waals surface area contributed by atoms with Gasteiger partial charge in [-0.25, -0.2) is 4.98 Å². The molecule has 0 aliphatic rings. The van der Waals surface area contributed by atoms with Crippen LogP contribution >= 0.6 is 0 Å². The molecule has 1 N–H and O–H groups in total. The van der Waals surface area contributed by atoms with Gasteiger partial charge in [0, 0.05) is 25.5 Å². The highest BCUT2D eigenvalue weighted by atomic mass is 16.2. The Morgan fingerprint density at radius 1 is 1.59 bits per heavy atom. The maximum atomic E-state index is 11.9. The van der Waals surface area contributed by atoms with E-state index in [4.69, 9.17) is 0 Å². The summed E-state index contributed by atoms with van der Waals surface area (Å²) in [5, 5.41) is 3.21. The average Bonchev–Trinajstić information content (AvgIpc) is 2.72. The van der Waals surface area contributed by atoms with E-state index in [0.717, 1.165) is 12.4 Å². The SMILES string of the molecule is CCNCc1nccn1CC(=O)N(C)C(C)C. The Morgan fingerprint density at radius 2 is 2.29 bits per heavy atom. The molecule has 0 saturated carbocycles. The van der Waals surface area contributed by atoms with E-state index in [-0.39, 0.29) is 11.9 Å². The normalized spacial score (nSPS) is 10.9. The molecule has 0 radical (unpaired) electrons. The maximum absolute atomic E-state index is 11.9. The first kappa shape index (κ1) is 13.7. The number of hydrogen-bond acceptors (Lipinski definition) is 3. The first-order valence-electron chi connectivity index (χ1n) is 6.02. The molecule has 0 bridgehead atoms. The molecular weight excluding hydrogens is 216 g/mol. The number of likely N-dealkylation sites (N-methyl/N-ethyl adjacent to an activating group) is 1. The number of hydrogen-bond donors (Lipinski definition) is 1. The zero-order valence-electron chi connectivity index (χ0n) is 11.1. The van der Waals surface area contributed by atoms with Crippen LogP contribution in [0.3, 0.4) is 0 Å². The van der Waals surface area contributed by atoms with Gasteiger partial charge in [-0.3, -0.25) is 4.79 Å². The third kappa shape index (κ3) is 3.85. The Bertz CT molecular complexity index is 359. The molecule has 96 valence electrons. The summed E-state index contributed by atoms with van der Waals surface area (Å²) >= 11 is 0. The highest BCUT2D eigenvalue weighted by Crippen LogP contribution is 2.01. The molecule has 17 heavy (non-hydrogen) atoms. The summed E-state index contributed by atoms with van der Waals surface area (Å²) < 4.78 is 1.89. The van der Waals surface area contributed by atoms with Crippen molar-refractivity contribution in [2.45, 2.75) is 39.9 Å². The standard InChI is InChI=1S/C12H22N4O/c1-5-13-8-11-14-6-7-16(11)9-12(17)15(4)10(2)3/h6-7,10,13H,5,8-9H2,1-4H3. The quantitative estimate of drug-likeness (QED) is 0.799. The van der Waals surface area contributed by atoms with Crippen LogP contribution in [0.15, 0.2) is 12.4 Å². The molecule has 0 unspecified atom stereocenters. The molecule has 1 aromatic rings. The molecule has 1 rings (SSSR count). The van der Waals surface area contributed by atoms with Gasteiger partial charge in [-0.05, 0) is 20.4 Å². The molecule has 0 aliphatic carbocycles. The van der Waals surface area contributed by atoms with E-state index in [2.05, 4.69) is 10.3 Å². The predicted molar refractivity (Wildman–Crippen MR) is 67.5 cm³/mol. The Kier molecular flexibility index (Phi) is 5.15. The van der Waals surface area contributed by atoms with Crippen molar-refractivity contribution in [3.63, 3.8) is 0 Å². The van der Waals surface area contributed by atoms with Gasteiger partial charge in [0.15, 0.2) is 0 Å². The van der Waals surface area contributed by atoms with Crippen molar-refractivity contribution >= 4 is 5.91 Å². The molecule has 0 spiro atoms. The van der Waals surface area contributed by atoms with E-state index in [1.165, 1.54) is 0 Å². The van der Waals surface area contributed by atoms with Gasteiger partial charge in [0.25, 0.3) is 0 Å². The summed E-state index contributed by atoms with van der Waals surface area (Å²) in [5.41, 5.74) is 0. The molecule has 1 aromatic heterocycles. The third-order valence-electron chi connectivity index (χ3n) is 2.81. The van der Waals surface area contributed by atoms with Gasteiger partial charge in [0.05, 0.1) is 6.54 Å². The summed E-state index contributed by atoms with van der Waals surface area (Å²) in [5.74, 6) is 1.01. The molecule has 5 nitrogen and oxygen atoms in total. The molecule has 0 fully saturated rings. The number of nitrogens with zero attached hydrogens (tertiary/aromatic N) is 3. The van der Waals surface area contributed by atoms with Gasteiger partial charge in [-0.2, -0.15) is 0 Å². The van der Waals surface area contributed by atoms with Crippen LogP contribution < -0.4 is 5.32 Å². The lowest BCUT2D eigenvalue weighted by Crippen LogP contribution is -2.36. The highest BCUT2D eigenvalue weighted by molar-refractivity contribution is 5.76. The Morgan fingerprint density at radius 3 is 2.88 bits per heavy atom. The lowest BCUT2D eigenvalue weighted by molar-refractivity contribution is -0.132. The van der Waals surface area contributed by atoms with Gasteiger partial charge in [-0.1, -0.05) is 6.92 Å². The summed E-state index contributed by atoms with van der Waals surface area (Å²) in [6.07, 6.45) is 3.58. The fourth-order valence-corrected chi connectivity index (χ4v) is 1.43. The van der Waals surface area contributed by atoms with Gasteiger partial charge >= 0.3 is 0 Å². The number of amides is 1. The molecule has 0 atom stereocenters. The molecule has 1 heterocycles. The van der Waals surface area contributed by atoms with E-state index in [0.29, 0.717) is 13.1 Å². The van der Waals surface area contributed by atoms with Crippen LogP contribution in [-0.4, -0.2) is 40.0 Å². The summed E-state index contributed by atoms with van der Waals surface area (Å²) in [6, 6.07) is 0.225. The minimum absolute atomic E-state index is 0.107. The van der Waals surface area contributed by atoms with Crippen LogP contribution in [0.2, 0.25) is 0 Å². The second kappa shape index (κ2) is 6.39. The van der Waals surface area contributed by atoms with Gasteiger partial charge in [0.2, 0.25) is 5.91 Å². The van der Waals surface area contributed by atoms with E-state index in [9.17, 15) is 4.79 Å². The van der Waals surface area contributed by atoms with Crippen molar-refractivity contribution in [2.75, 3.05) is 13.6 Å². The predicted octanol–water partition coefficient (Wildman–Crippen LogP) is 0.859. The zero-order chi connectivity index (χ0) is 12.8. The van der Waals surface area contributed by atoms with Crippen molar-refractivity contribution in [3.8, 4) is 0 Å². The number of rotatable bonds is 6. The summed E-state index contributed by atoms with van der Waals surface area (Å²) in [4.78, 5) is 17.9. The minimum atomic E-state index is 0.107. The van der Waals surface area contributed by atoms with Crippen LogP contribution in [0.25, 0.3) is 0 Å². The lowest BCUT2D eigenvalue weighted by Gasteiger charge is -2.22. The van der Waals surface area contributed by atoms with Crippen molar-refractivity contribution in [2.24, 2.45) is 0 Å². The number of carbonyl (C=O) groups excluding carboxylic acids is 1. The topological polar surface area (TPSA) is 50.2 Å². The second-order valence-electron chi connectivity index (χ2n) is 4.35. The summed E-state index contributed by atoms with van der Waals surface area (Å²) in [7, 11) is 1.83. The Balaban J connectivity index is 2.62. The van der Waals surface area contributed by atoms with Crippen LogP contribution in [0.5, 0.6) is 0 Å². The molecule has 0 saturated heterocycles. The average molecular weight is 238 g/mol. The number of aromatic nitrogens is 2. The van der Waals surface area contributed by atoms with E-state index >= 15 is 0 Å². The zero-order valence-corrected chi connectivity index (χ0v) is 11.1. The third-order valence-corrected chi connectivity index (χ3v) is 2.81. The fourth-order valence-electron chi connectivity index (χ4n) is 1.43. The van der Waals surface area contributed by atoms with Gasteiger partial charge in [-0.15, -0.1) is 0 Å².